The minimum atomic E-state index is -0.278. The van der Waals surface area contributed by atoms with Crippen LogP contribution in [0.1, 0.15) is 29.6 Å². The number of ether oxygens (including phenoxy) is 1. The molecule has 2 atom stereocenters. The summed E-state index contributed by atoms with van der Waals surface area (Å²) in [5, 5.41) is 9.85. The van der Waals surface area contributed by atoms with Crippen molar-refractivity contribution in [2.75, 3.05) is 13.2 Å². The van der Waals surface area contributed by atoms with Crippen LogP contribution >= 0.6 is 0 Å². The van der Waals surface area contributed by atoms with E-state index in [4.69, 9.17) is 10.5 Å². The Morgan fingerprint density at radius 3 is 3.10 bits per heavy atom. The summed E-state index contributed by atoms with van der Waals surface area (Å²) in [4.78, 5) is 16.7. The number of nitrogens with two attached hydrogens (primary N) is 1. The number of fused-ring (bicyclic) bond motifs is 3. The lowest BCUT2D eigenvalue weighted by molar-refractivity contribution is -0.0151. The van der Waals surface area contributed by atoms with E-state index in [0.29, 0.717) is 18.7 Å². The Morgan fingerprint density at radius 1 is 1.48 bits per heavy atom. The summed E-state index contributed by atoms with van der Waals surface area (Å²) in [7, 11) is 0. The first-order valence-electron chi connectivity index (χ1n) is 7.09. The lowest BCUT2D eigenvalue weighted by atomic mass is 9.98. The number of aromatic nitrogens is 3. The van der Waals surface area contributed by atoms with Crippen molar-refractivity contribution in [1.29, 1.82) is 0 Å². The zero-order valence-electron chi connectivity index (χ0n) is 11.6. The molecule has 7 heteroatoms. The summed E-state index contributed by atoms with van der Waals surface area (Å²) in [6.45, 7) is 1.04. The number of nitrogens with one attached hydrogen (secondary N) is 2. The molecule has 2 fully saturated rings. The number of carbonyl (C=O) groups is 1. The Bertz CT molecular complexity index is 702. The first-order chi connectivity index (χ1) is 10.1. The van der Waals surface area contributed by atoms with Gasteiger partial charge in [-0.1, -0.05) is 0 Å². The first-order valence-corrected chi connectivity index (χ1v) is 7.09. The van der Waals surface area contributed by atoms with Crippen molar-refractivity contribution >= 4 is 16.9 Å². The Kier molecular flexibility index (Phi) is 2.58. The highest BCUT2D eigenvalue weighted by atomic mass is 16.5. The highest BCUT2D eigenvalue weighted by Gasteiger charge is 2.55. The van der Waals surface area contributed by atoms with Crippen LogP contribution in [0.4, 0.5) is 0 Å². The molecule has 2 aromatic rings. The largest absolute Gasteiger partial charge is 0.371 e. The van der Waals surface area contributed by atoms with Gasteiger partial charge in [-0.3, -0.25) is 14.9 Å². The minimum absolute atomic E-state index is 0.127. The Hall–Kier alpha value is -1.99. The number of hydrogen-bond acceptors (Lipinski definition) is 5. The fraction of sp³-hybridized carbons (Fsp3) is 0.500. The number of aromatic amines is 1. The molecule has 0 spiro atoms. The Balaban J connectivity index is 1.56. The van der Waals surface area contributed by atoms with Crippen molar-refractivity contribution in [3.8, 4) is 0 Å². The molecule has 1 saturated heterocycles. The maximum atomic E-state index is 12.5. The van der Waals surface area contributed by atoms with Gasteiger partial charge in [-0.15, -0.1) is 0 Å². The van der Waals surface area contributed by atoms with Crippen molar-refractivity contribution in [1.82, 2.24) is 20.5 Å². The molecule has 110 valence electrons. The minimum Gasteiger partial charge on any atom is -0.371 e. The average molecular weight is 287 g/mol. The Morgan fingerprint density at radius 2 is 2.38 bits per heavy atom. The molecule has 7 nitrogen and oxygen atoms in total. The van der Waals surface area contributed by atoms with Crippen molar-refractivity contribution in [3.63, 3.8) is 0 Å². The van der Waals surface area contributed by atoms with Gasteiger partial charge in [-0.2, -0.15) is 5.10 Å². The van der Waals surface area contributed by atoms with Crippen LogP contribution in [0, 0.1) is 0 Å². The first kappa shape index (κ1) is 12.7. The van der Waals surface area contributed by atoms with Gasteiger partial charge in [0.25, 0.3) is 5.91 Å². The maximum absolute atomic E-state index is 12.5. The summed E-state index contributed by atoms with van der Waals surface area (Å²) >= 11 is 0. The van der Waals surface area contributed by atoms with E-state index in [1.165, 1.54) is 0 Å². The second kappa shape index (κ2) is 4.25. The molecular formula is C14H17N5O2. The van der Waals surface area contributed by atoms with E-state index < -0.39 is 0 Å². The fourth-order valence-electron chi connectivity index (χ4n) is 3.44. The van der Waals surface area contributed by atoms with Crippen molar-refractivity contribution in [2.24, 2.45) is 5.73 Å². The molecule has 1 amide bonds. The Labute approximate surface area is 121 Å². The van der Waals surface area contributed by atoms with Gasteiger partial charge in [0.1, 0.15) is 5.52 Å². The molecule has 21 heavy (non-hydrogen) atoms. The van der Waals surface area contributed by atoms with Crippen molar-refractivity contribution < 1.29 is 9.53 Å². The van der Waals surface area contributed by atoms with Crippen molar-refractivity contribution in [2.45, 2.75) is 30.4 Å². The molecule has 0 radical (unpaired) electrons. The van der Waals surface area contributed by atoms with Gasteiger partial charge in [0.15, 0.2) is 0 Å². The standard InChI is InChI=1S/C14H17N5O2/c15-7-14-2-1-13(6-14,8-21-14)18-12(20)9-3-10-11(16-4-9)5-17-19-10/h3-5H,1-2,6-8,15H2,(H,17,19)(H,18,20). The van der Waals surface area contributed by atoms with Crippen LogP contribution in [-0.2, 0) is 4.74 Å². The molecule has 1 aliphatic heterocycles. The second-order valence-electron chi connectivity index (χ2n) is 6.11. The number of H-pyrrole nitrogens is 1. The van der Waals surface area contributed by atoms with Crippen LogP contribution in [0.5, 0.6) is 0 Å². The van der Waals surface area contributed by atoms with Gasteiger partial charge in [0, 0.05) is 19.2 Å². The maximum Gasteiger partial charge on any atom is 0.253 e. The summed E-state index contributed by atoms with van der Waals surface area (Å²) in [5.74, 6) is -0.127. The van der Waals surface area contributed by atoms with E-state index in [1.807, 2.05) is 0 Å². The van der Waals surface area contributed by atoms with E-state index in [2.05, 4.69) is 20.5 Å². The smallest absolute Gasteiger partial charge is 0.253 e. The van der Waals surface area contributed by atoms with Gasteiger partial charge in [-0.05, 0) is 18.9 Å². The predicted octanol–water partition coefficient (Wildman–Crippen LogP) is 0.338. The van der Waals surface area contributed by atoms with Crippen molar-refractivity contribution in [3.05, 3.63) is 24.0 Å². The summed E-state index contributed by atoms with van der Waals surface area (Å²) < 4.78 is 5.82. The van der Waals surface area contributed by atoms with E-state index in [0.717, 1.165) is 30.3 Å². The van der Waals surface area contributed by atoms with E-state index in [1.54, 1.807) is 18.5 Å². The van der Waals surface area contributed by atoms with Gasteiger partial charge >= 0.3 is 0 Å². The zero-order valence-corrected chi connectivity index (χ0v) is 11.6. The van der Waals surface area contributed by atoms with Crippen LogP contribution in [0.15, 0.2) is 18.5 Å². The quantitative estimate of drug-likeness (QED) is 0.754. The second-order valence-corrected chi connectivity index (χ2v) is 6.11. The third-order valence-electron chi connectivity index (χ3n) is 4.68. The SMILES string of the molecule is NCC12CCC(NC(=O)c3cnc4cn[nH]c4c3)(CO1)C2. The highest BCUT2D eigenvalue weighted by Crippen LogP contribution is 2.46. The molecule has 2 aliphatic rings. The summed E-state index contributed by atoms with van der Waals surface area (Å²) in [5.41, 5.74) is 7.31. The molecular weight excluding hydrogens is 270 g/mol. The van der Waals surface area contributed by atoms with E-state index >= 15 is 0 Å². The van der Waals surface area contributed by atoms with E-state index in [9.17, 15) is 4.79 Å². The van der Waals surface area contributed by atoms with Gasteiger partial charge in [0.2, 0.25) is 0 Å². The third kappa shape index (κ3) is 1.92. The number of nitrogens with zero attached hydrogens (tertiary/aromatic N) is 2. The molecule has 4 rings (SSSR count). The normalized spacial score (nSPS) is 30.9. The molecule has 0 aromatic carbocycles. The molecule has 1 saturated carbocycles. The van der Waals surface area contributed by atoms with Gasteiger partial charge in [0.05, 0.1) is 35.0 Å². The number of hydrogen-bond donors (Lipinski definition) is 3. The molecule has 2 aromatic heterocycles. The topological polar surface area (TPSA) is 106 Å². The van der Waals surface area contributed by atoms with Crippen LogP contribution in [-0.4, -0.2) is 45.4 Å². The third-order valence-corrected chi connectivity index (χ3v) is 4.68. The van der Waals surface area contributed by atoms with Crippen LogP contribution in [0.25, 0.3) is 11.0 Å². The van der Waals surface area contributed by atoms with Gasteiger partial charge in [-0.25, -0.2) is 0 Å². The zero-order chi connectivity index (χ0) is 14.5. The molecule has 1 aliphatic carbocycles. The lowest BCUT2D eigenvalue weighted by Gasteiger charge is -2.28. The van der Waals surface area contributed by atoms with Crippen LogP contribution < -0.4 is 11.1 Å². The molecule has 3 heterocycles. The van der Waals surface area contributed by atoms with Crippen LogP contribution in [0.3, 0.4) is 0 Å². The number of amides is 1. The number of carbonyl (C=O) groups excluding carboxylic acids is 1. The summed E-state index contributed by atoms with van der Waals surface area (Å²) in [6.07, 6.45) is 5.82. The number of pyridine rings is 1. The molecule has 2 bridgehead atoms. The van der Waals surface area contributed by atoms with Gasteiger partial charge < -0.3 is 15.8 Å². The molecule has 2 unspecified atom stereocenters. The van der Waals surface area contributed by atoms with Crippen LogP contribution in [0.2, 0.25) is 0 Å². The van der Waals surface area contributed by atoms with E-state index in [-0.39, 0.29) is 17.0 Å². The number of rotatable bonds is 3. The molecule has 4 N–H and O–H groups in total. The fourth-order valence-corrected chi connectivity index (χ4v) is 3.44. The average Bonchev–Trinajstić information content (AvgIpc) is 3.19. The highest BCUT2D eigenvalue weighted by molar-refractivity contribution is 5.97. The monoisotopic (exact) mass is 287 g/mol. The predicted molar refractivity (Wildman–Crippen MR) is 75.7 cm³/mol. The lowest BCUT2D eigenvalue weighted by Crippen LogP contribution is -2.48. The summed E-state index contributed by atoms with van der Waals surface area (Å²) in [6, 6.07) is 1.77.